The van der Waals surface area contributed by atoms with E-state index < -0.39 is 23.4 Å². The SMILES string of the molecule is CC(C)(C)[C@H](O)[C@H](N)c1c(F)ccc(Cl)c1Cl.Cl. The predicted molar refractivity (Wildman–Crippen MR) is 76.1 cm³/mol. The topological polar surface area (TPSA) is 46.2 Å². The third kappa shape index (κ3) is 3.72. The summed E-state index contributed by atoms with van der Waals surface area (Å²) in [6.07, 6.45) is -0.923. The molecule has 1 aromatic rings. The number of nitrogens with two attached hydrogens (primary N) is 1. The van der Waals surface area contributed by atoms with E-state index >= 15 is 0 Å². The van der Waals surface area contributed by atoms with Crippen molar-refractivity contribution in [3.8, 4) is 0 Å². The van der Waals surface area contributed by atoms with Crippen LogP contribution in [0.15, 0.2) is 12.1 Å². The van der Waals surface area contributed by atoms with Gasteiger partial charge in [0.2, 0.25) is 0 Å². The molecule has 0 saturated carbocycles. The number of halogens is 4. The molecule has 2 nitrogen and oxygen atoms in total. The zero-order chi connectivity index (χ0) is 13.4. The fourth-order valence-corrected chi connectivity index (χ4v) is 1.99. The Balaban J connectivity index is 0.00000289. The van der Waals surface area contributed by atoms with Gasteiger partial charge in [-0.2, -0.15) is 0 Å². The summed E-state index contributed by atoms with van der Waals surface area (Å²) in [6, 6.07) is 1.64. The molecule has 6 heteroatoms. The van der Waals surface area contributed by atoms with E-state index in [2.05, 4.69) is 0 Å². The minimum Gasteiger partial charge on any atom is -0.391 e. The summed E-state index contributed by atoms with van der Waals surface area (Å²) in [4.78, 5) is 0. The Labute approximate surface area is 123 Å². The van der Waals surface area contributed by atoms with Crippen LogP contribution < -0.4 is 5.73 Å². The van der Waals surface area contributed by atoms with Crippen LogP contribution in [0.4, 0.5) is 4.39 Å². The first kappa shape index (κ1) is 17.9. The van der Waals surface area contributed by atoms with Crippen LogP contribution in [0.5, 0.6) is 0 Å². The van der Waals surface area contributed by atoms with Crippen LogP contribution in [0.25, 0.3) is 0 Å². The first-order valence-corrected chi connectivity index (χ1v) is 5.99. The number of aliphatic hydroxyl groups is 1. The van der Waals surface area contributed by atoms with Gasteiger partial charge in [-0.1, -0.05) is 44.0 Å². The van der Waals surface area contributed by atoms with E-state index in [0.717, 1.165) is 0 Å². The predicted octanol–water partition coefficient (Wildman–Crippen LogP) is 3.96. The molecule has 0 aliphatic heterocycles. The lowest BCUT2D eigenvalue weighted by Gasteiger charge is -2.31. The summed E-state index contributed by atoms with van der Waals surface area (Å²) >= 11 is 11.7. The highest BCUT2D eigenvalue weighted by atomic mass is 35.5. The van der Waals surface area contributed by atoms with Gasteiger partial charge in [-0.25, -0.2) is 4.39 Å². The van der Waals surface area contributed by atoms with Gasteiger partial charge in [0.05, 0.1) is 22.2 Å². The maximum Gasteiger partial charge on any atom is 0.129 e. The van der Waals surface area contributed by atoms with E-state index in [1.54, 1.807) is 0 Å². The summed E-state index contributed by atoms with van der Waals surface area (Å²) in [5, 5.41) is 10.3. The van der Waals surface area contributed by atoms with Gasteiger partial charge in [0, 0.05) is 5.56 Å². The van der Waals surface area contributed by atoms with Crippen molar-refractivity contribution in [2.24, 2.45) is 11.1 Å². The van der Waals surface area contributed by atoms with E-state index in [-0.39, 0.29) is 28.0 Å². The fraction of sp³-hybridized carbons (Fsp3) is 0.500. The maximum atomic E-state index is 13.7. The summed E-state index contributed by atoms with van der Waals surface area (Å²) in [7, 11) is 0. The molecule has 0 aliphatic carbocycles. The van der Waals surface area contributed by atoms with Crippen LogP contribution >= 0.6 is 35.6 Å². The third-order valence-electron chi connectivity index (χ3n) is 2.64. The second-order valence-electron chi connectivity index (χ2n) is 5.09. The lowest BCUT2D eigenvalue weighted by atomic mass is 9.82. The van der Waals surface area contributed by atoms with Gasteiger partial charge in [-0.3, -0.25) is 0 Å². The minimum atomic E-state index is -0.923. The van der Waals surface area contributed by atoms with Crippen molar-refractivity contribution in [3.05, 3.63) is 33.6 Å². The second kappa shape index (κ2) is 6.40. The van der Waals surface area contributed by atoms with Crippen LogP contribution in [0.1, 0.15) is 32.4 Å². The van der Waals surface area contributed by atoms with Crippen molar-refractivity contribution in [2.45, 2.75) is 32.9 Å². The van der Waals surface area contributed by atoms with Crippen LogP contribution in [0.2, 0.25) is 10.0 Å². The van der Waals surface area contributed by atoms with Gasteiger partial charge in [0.25, 0.3) is 0 Å². The smallest absolute Gasteiger partial charge is 0.129 e. The Morgan fingerprint density at radius 2 is 1.78 bits per heavy atom. The maximum absolute atomic E-state index is 13.7. The molecule has 104 valence electrons. The number of hydrogen-bond acceptors (Lipinski definition) is 2. The Bertz CT molecular complexity index is 421. The average molecular weight is 317 g/mol. The third-order valence-corrected chi connectivity index (χ3v) is 3.46. The van der Waals surface area contributed by atoms with Crippen molar-refractivity contribution in [1.82, 2.24) is 0 Å². The summed E-state index contributed by atoms with van der Waals surface area (Å²) in [6.45, 7) is 5.44. The fourth-order valence-electron chi connectivity index (χ4n) is 1.54. The highest BCUT2D eigenvalue weighted by molar-refractivity contribution is 6.42. The molecule has 0 aromatic heterocycles. The minimum absolute atomic E-state index is 0. The molecule has 0 spiro atoms. The molecular weight excluding hydrogens is 299 g/mol. The lowest BCUT2D eigenvalue weighted by molar-refractivity contribution is 0.0392. The van der Waals surface area contributed by atoms with Crippen molar-refractivity contribution < 1.29 is 9.50 Å². The van der Waals surface area contributed by atoms with Crippen LogP contribution in [-0.2, 0) is 0 Å². The highest BCUT2D eigenvalue weighted by Crippen LogP contribution is 2.36. The van der Waals surface area contributed by atoms with Gasteiger partial charge >= 0.3 is 0 Å². The normalized spacial score (nSPS) is 14.9. The van der Waals surface area contributed by atoms with Gasteiger partial charge in [-0.15, -0.1) is 12.4 Å². The van der Waals surface area contributed by atoms with Gasteiger partial charge < -0.3 is 10.8 Å². The van der Waals surface area contributed by atoms with Crippen LogP contribution in [-0.4, -0.2) is 11.2 Å². The Morgan fingerprint density at radius 3 is 2.22 bits per heavy atom. The zero-order valence-corrected chi connectivity index (χ0v) is 12.7. The monoisotopic (exact) mass is 315 g/mol. The lowest BCUT2D eigenvalue weighted by Crippen LogP contribution is -2.37. The van der Waals surface area contributed by atoms with Crippen molar-refractivity contribution in [2.75, 3.05) is 0 Å². The molecule has 18 heavy (non-hydrogen) atoms. The van der Waals surface area contributed by atoms with Crippen LogP contribution in [0.3, 0.4) is 0 Å². The molecule has 2 atom stereocenters. The molecule has 0 aliphatic rings. The molecule has 0 unspecified atom stereocenters. The Hall–Kier alpha value is -0.0600. The summed E-state index contributed by atoms with van der Waals surface area (Å²) < 4.78 is 13.7. The first-order valence-electron chi connectivity index (χ1n) is 5.23. The quantitative estimate of drug-likeness (QED) is 0.811. The van der Waals surface area contributed by atoms with Crippen molar-refractivity contribution >= 4 is 35.6 Å². The van der Waals surface area contributed by atoms with Crippen molar-refractivity contribution in [3.63, 3.8) is 0 Å². The molecular formula is C12H17Cl3FNO. The second-order valence-corrected chi connectivity index (χ2v) is 5.88. The largest absolute Gasteiger partial charge is 0.391 e. The van der Waals surface area contributed by atoms with E-state index in [4.69, 9.17) is 28.9 Å². The molecule has 1 rings (SSSR count). The van der Waals surface area contributed by atoms with Crippen molar-refractivity contribution in [1.29, 1.82) is 0 Å². The molecule has 0 saturated heterocycles. The molecule has 0 amide bonds. The molecule has 0 radical (unpaired) electrons. The standard InChI is InChI=1S/C12H16Cl2FNO.ClH/c1-12(2,3)11(17)10(16)8-7(15)5-4-6(13)9(8)14;/h4-5,10-11,17H,16H2,1-3H3;1H/t10-,11-;/m1./s1. The van der Waals surface area contributed by atoms with E-state index in [0.29, 0.717) is 0 Å². The number of rotatable bonds is 2. The molecule has 0 bridgehead atoms. The van der Waals surface area contributed by atoms with Crippen LogP contribution in [0, 0.1) is 11.2 Å². The molecule has 1 aromatic carbocycles. The average Bonchev–Trinajstić information content (AvgIpc) is 2.21. The zero-order valence-electron chi connectivity index (χ0n) is 10.4. The highest BCUT2D eigenvalue weighted by Gasteiger charge is 2.32. The van der Waals surface area contributed by atoms with Gasteiger partial charge in [0.15, 0.2) is 0 Å². The number of hydrogen-bond donors (Lipinski definition) is 2. The molecule has 0 heterocycles. The summed E-state index contributed by atoms with van der Waals surface area (Å²) in [5.41, 5.74) is 5.44. The number of benzene rings is 1. The Kier molecular flexibility index (Phi) is 6.38. The van der Waals surface area contributed by atoms with Gasteiger partial charge in [0.1, 0.15) is 5.82 Å². The molecule has 0 fully saturated rings. The van der Waals surface area contributed by atoms with E-state index in [9.17, 15) is 9.50 Å². The first-order chi connectivity index (χ1) is 7.66. The van der Waals surface area contributed by atoms with E-state index in [1.807, 2.05) is 20.8 Å². The Morgan fingerprint density at radius 1 is 1.28 bits per heavy atom. The van der Waals surface area contributed by atoms with Gasteiger partial charge in [-0.05, 0) is 17.5 Å². The molecule has 3 N–H and O–H groups in total. The number of aliphatic hydroxyl groups excluding tert-OH is 1. The summed E-state index contributed by atoms with van der Waals surface area (Å²) in [5.74, 6) is -0.560. The van der Waals surface area contributed by atoms with E-state index in [1.165, 1.54) is 12.1 Å².